The van der Waals surface area contributed by atoms with Gasteiger partial charge in [-0.3, -0.25) is 14.4 Å². The molecule has 1 atom stereocenters. The summed E-state index contributed by atoms with van der Waals surface area (Å²) in [6.07, 6.45) is -0.564. The minimum atomic E-state index is -0.564. The third-order valence-corrected chi connectivity index (χ3v) is 4.16. The van der Waals surface area contributed by atoms with Crippen LogP contribution >= 0.6 is 0 Å². The number of anilines is 2. The van der Waals surface area contributed by atoms with Gasteiger partial charge in [0, 0.05) is 22.7 Å². The van der Waals surface area contributed by atoms with Crippen molar-refractivity contribution >= 4 is 34.1 Å². The summed E-state index contributed by atoms with van der Waals surface area (Å²) >= 11 is 0. The van der Waals surface area contributed by atoms with Crippen LogP contribution in [0.1, 0.15) is 17.3 Å². The first-order valence-corrected chi connectivity index (χ1v) is 8.06. The number of pyridine rings is 1. The van der Waals surface area contributed by atoms with Gasteiger partial charge in [-0.15, -0.1) is 0 Å². The minimum absolute atomic E-state index is 0.249. The smallest absolute Gasteiger partial charge is 0.265 e. The lowest BCUT2D eigenvalue weighted by Crippen LogP contribution is -2.34. The molecular weight excluding hydrogens is 334 g/mol. The van der Waals surface area contributed by atoms with Crippen molar-refractivity contribution < 1.29 is 14.3 Å². The lowest BCUT2D eigenvalue weighted by molar-refractivity contribution is -0.122. The molecule has 1 aliphatic rings. The Labute approximate surface area is 148 Å². The monoisotopic (exact) mass is 349 g/mol. The molecule has 130 valence electrons. The summed E-state index contributed by atoms with van der Waals surface area (Å²) < 4.78 is 5.49. The van der Waals surface area contributed by atoms with Crippen molar-refractivity contribution in [2.45, 2.75) is 13.0 Å². The number of ether oxygens (including phenoxy) is 1. The molecule has 0 saturated carbocycles. The molecular formula is C19H15N3O4. The maximum Gasteiger partial charge on any atom is 0.265 e. The van der Waals surface area contributed by atoms with E-state index in [0.29, 0.717) is 28.0 Å². The first-order chi connectivity index (χ1) is 12.5. The fourth-order valence-corrected chi connectivity index (χ4v) is 2.88. The van der Waals surface area contributed by atoms with E-state index in [9.17, 15) is 14.4 Å². The van der Waals surface area contributed by atoms with Gasteiger partial charge in [-0.25, -0.2) is 0 Å². The highest BCUT2D eigenvalue weighted by Crippen LogP contribution is 2.32. The summed E-state index contributed by atoms with van der Waals surface area (Å²) in [6, 6.07) is 13.3. The molecule has 7 nitrogen and oxygen atoms in total. The number of amides is 2. The second-order valence-electron chi connectivity index (χ2n) is 6.01. The Hall–Kier alpha value is -3.61. The van der Waals surface area contributed by atoms with Gasteiger partial charge in [0.05, 0.1) is 11.3 Å². The van der Waals surface area contributed by atoms with Gasteiger partial charge in [0.25, 0.3) is 11.8 Å². The number of hydrogen-bond acceptors (Lipinski definition) is 4. The molecule has 4 rings (SSSR count). The molecule has 0 saturated heterocycles. The van der Waals surface area contributed by atoms with Crippen molar-refractivity contribution in [2.24, 2.45) is 0 Å². The molecule has 1 unspecified atom stereocenters. The summed E-state index contributed by atoms with van der Waals surface area (Å²) in [5.74, 6) is -0.123. The van der Waals surface area contributed by atoms with E-state index >= 15 is 0 Å². The van der Waals surface area contributed by atoms with E-state index in [2.05, 4.69) is 15.6 Å². The van der Waals surface area contributed by atoms with Crippen LogP contribution in [0.15, 0.2) is 53.3 Å². The number of H-pyrrole nitrogens is 1. The maximum absolute atomic E-state index is 12.7. The number of fused-ring (bicyclic) bond motifs is 2. The molecule has 0 fully saturated rings. The number of carbonyl (C=O) groups excluding carboxylic acids is 2. The first kappa shape index (κ1) is 15.9. The van der Waals surface area contributed by atoms with E-state index in [1.54, 1.807) is 49.4 Å². The maximum atomic E-state index is 12.7. The van der Waals surface area contributed by atoms with Crippen LogP contribution in [0.25, 0.3) is 10.9 Å². The van der Waals surface area contributed by atoms with Crippen LogP contribution < -0.4 is 20.9 Å². The van der Waals surface area contributed by atoms with E-state index in [1.165, 1.54) is 6.07 Å². The third-order valence-electron chi connectivity index (χ3n) is 4.16. The van der Waals surface area contributed by atoms with Crippen LogP contribution in [0.3, 0.4) is 0 Å². The molecule has 26 heavy (non-hydrogen) atoms. The van der Waals surface area contributed by atoms with E-state index in [-0.39, 0.29) is 17.0 Å². The Morgan fingerprint density at radius 1 is 1.12 bits per heavy atom. The van der Waals surface area contributed by atoms with E-state index in [4.69, 9.17) is 4.74 Å². The summed E-state index contributed by atoms with van der Waals surface area (Å²) in [5.41, 5.74) is 1.48. The molecule has 1 aromatic heterocycles. The Bertz CT molecular complexity index is 1100. The molecule has 3 aromatic rings. The number of aromatic nitrogens is 1. The Balaban J connectivity index is 1.67. The number of carbonyl (C=O) groups is 2. The van der Waals surface area contributed by atoms with E-state index in [0.717, 1.165) is 0 Å². The normalized spacial score (nSPS) is 15.7. The molecule has 0 spiro atoms. The summed E-state index contributed by atoms with van der Waals surface area (Å²) in [4.78, 5) is 38.9. The van der Waals surface area contributed by atoms with Gasteiger partial charge in [0.2, 0.25) is 5.56 Å². The van der Waals surface area contributed by atoms with E-state index < -0.39 is 12.0 Å². The molecule has 2 heterocycles. The van der Waals surface area contributed by atoms with Crippen molar-refractivity contribution in [1.29, 1.82) is 0 Å². The van der Waals surface area contributed by atoms with Crippen molar-refractivity contribution in [3.8, 4) is 5.75 Å². The van der Waals surface area contributed by atoms with Gasteiger partial charge < -0.3 is 20.4 Å². The lowest BCUT2D eigenvalue weighted by Gasteiger charge is -2.23. The van der Waals surface area contributed by atoms with Crippen LogP contribution in [0.4, 0.5) is 11.4 Å². The number of nitrogens with one attached hydrogen (secondary N) is 3. The Kier molecular flexibility index (Phi) is 3.69. The van der Waals surface area contributed by atoms with Crippen LogP contribution in [0.5, 0.6) is 5.75 Å². The van der Waals surface area contributed by atoms with Crippen molar-refractivity contribution in [2.75, 3.05) is 10.6 Å². The summed E-state index contributed by atoms with van der Waals surface area (Å²) in [6.45, 7) is 1.66. The highest BCUT2D eigenvalue weighted by atomic mass is 16.5. The van der Waals surface area contributed by atoms with Crippen molar-refractivity contribution in [3.05, 3.63) is 64.4 Å². The van der Waals surface area contributed by atoms with Crippen LogP contribution in [0, 0.1) is 0 Å². The number of aromatic amines is 1. The van der Waals surface area contributed by atoms with Crippen molar-refractivity contribution in [3.63, 3.8) is 0 Å². The molecule has 2 amide bonds. The molecule has 2 aromatic carbocycles. The third kappa shape index (κ3) is 2.79. The average molecular weight is 349 g/mol. The van der Waals surface area contributed by atoms with Crippen LogP contribution in [-0.2, 0) is 4.79 Å². The molecule has 7 heteroatoms. The molecule has 1 aliphatic heterocycles. The number of para-hydroxylation sites is 1. The standard InChI is InChI=1S/C19H15N3O4/c1-10-18(24)22-15-8-11(6-7-16(15)26-10)20-19(25)13-9-17(23)21-14-5-3-2-4-12(13)14/h2-10H,1H3,(H,20,25)(H,21,23)(H,22,24). The number of hydrogen-bond donors (Lipinski definition) is 3. The SMILES string of the molecule is CC1Oc2ccc(NC(=O)c3cc(=O)[nH]c4ccccc34)cc2NC1=O. The van der Waals surface area contributed by atoms with Gasteiger partial charge in [-0.1, -0.05) is 18.2 Å². The van der Waals surface area contributed by atoms with Gasteiger partial charge >= 0.3 is 0 Å². The quantitative estimate of drug-likeness (QED) is 0.662. The van der Waals surface area contributed by atoms with Gasteiger partial charge in [-0.05, 0) is 31.2 Å². The highest BCUT2D eigenvalue weighted by Gasteiger charge is 2.23. The van der Waals surface area contributed by atoms with Crippen LogP contribution in [-0.4, -0.2) is 22.9 Å². The number of benzene rings is 2. The largest absolute Gasteiger partial charge is 0.479 e. The zero-order valence-electron chi connectivity index (χ0n) is 13.8. The first-order valence-electron chi connectivity index (χ1n) is 8.06. The zero-order chi connectivity index (χ0) is 18.3. The van der Waals surface area contributed by atoms with Crippen LogP contribution in [0.2, 0.25) is 0 Å². The second kappa shape index (κ2) is 6.03. The van der Waals surface area contributed by atoms with E-state index in [1.807, 2.05) is 0 Å². The van der Waals surface area contributed by atoms with Gasteiger partial charge in [0.15, 0.2) is 6.10 Å². The highest BCUT2D eigenvalue weighted by molar-refractivity contribution is 6.12. The zero-order valence-corrected chi connectivity index (χ0v) is 13.8. The fourth-order valence-electron chi connectivity index (χ4n) is 2.88. The minimum Gasteiger partial charge on any atom is -0.479 e. The molecule has 0 radical (unpaired) electrons. The molecule has 3 N–H and O–H groups in total. The predicted molar refractivity (Wildman–Crippen MR) is 97.7 cm³/mol. The molecule has 0 aliphatic carbocycles. The predicted octanol–water partition coefficient (Wildman–Crippen LogP) is 2.50. The van der Waals surface area contributed by atoms with Gasteiger partial charge in [-0.2, -0.15) is 0 Å². The fraction of sp³-hybridized carbons (Fsp3) is 0.105. The molecule has 0 bridgehead atoms. The second-order valence-corrected chi connectivity index (χ2v) is 6.01. The van der Waals surface area contributed by atoms with Gasteiger partial charge in [0.1, 0.15) is 5.75 Å². The summed E-state index contributed by atoms with van der Waals surface area (Å²) in [5, 5.41) is 6.13. The Morgan fingerprint density at radius 2 is 1.92 bits per heavy atom. The van der Waals surface area contributed by atoms with Crippen molar-refractivity contribution in [1.82, 2.24) is 4.98 Å². The Morgan fingerprint density at radius 3 is 2.77 bits per heavy atom. The summed E-state index contributed by atoms with van der Waals surface area (Å²) in [7, 11) is 0. The lowest BCUT2D eigenvalue weighted by atomic mass is 10.1. The number of rotatable bonds is 2. The topological polar surface area (TPSA) is 100 Å². The average Bonchev–Trinajstić information content (AvgIpc) is 2.62.